The Balaban J connectivity index is 1.66. The molecule has 0 bridgehead atoms. The average molecular weight is 250 g/mol. The van der Waals surface area contributed by atoms with Gasteiger partial charge in [0.05, 0.1) is 6.54 Å². The van der Waals surface area contributed by atoms with Crippen LogP contribution in [0.2, 0.25) is 0 Å². The third kappa shape index (κ3) is 2.36. The van der Waals surface area contributed by atoms with E-state index in [0.29, 0.717) is 36.6 Å². The monoisotopic (exact) mass is 250 g/mol. The lowest BCUT2D eigenvalue weighted by Gasteiger charge is -2.25. The molecule has 3 rings (SSSR count). The second-order valence-corrected chi connectivity index (χ2v) is 5.53. The van der Waals surface area contributed by atoms with E-state index in [1.807, 2.05) is 0 Å². The summed E-state index contributed by atoms with van der Waals surface area (Å²) in [5.41, 5.74) is 0. The number of hydrogen-bond donors (Lipinski definition) is 1. The van der Waals surface area contributed by atoms with Crippen molar-refractivity contribution in [2.75, 3.05) is 4.90 Å². The van der Waals surface area contributed by atoms with Crippen LogP contribution in [-0.4, -0.2) is 28.3 Å². The van der Waals surface area contributed by atoms with Crippen LogP contribution in [0.15, 0.2) is 4.42 Å². The van der Waals surface area contributed by atoms with E-state index in [4.69, 9.17) is 4.42 Å². The summed E-state index contributed by atoms with van der Waals surface area (Å²) in [6.45, 7) is 5.17. The summed E-state index contributed by atoms with van der Waals surface area (Å²) >= 11 is 0. The molecule has 0 aromatic carbocycles. The minimum Gasteiger partial charge on any atom is -0.407 e. The number of anilines is 1. The molecule has 2 unspecified atom stereocenters. The summed E-state index contributed by atoms with van der Waals surface area (Å²) in [6, 6.07) is 2.46. The van der Waals surface area contributed by atoms with Crippen molar-refractivity contribution in [2.45, 2.75) is 70.6 Å². The highest BCUT2D eigenvalue weighted by atomic mass is 16.4. The van der Waals surface area contributed by atoms with Gasteiger partial charge in [-0.05, 0) is 39.0 Å². The lowest BCUT2D eigenvalue weighted by molar-refractivity contribution is 0.445. The summed E-state index contributed by atoms with van der Waals surface area (Å²) in [6.07, 6.45) is 6.15. The van der Waals surface area contributed by atoms with Gasteiger partial charge in [0.2, 0.25) is 5.89 Å². The van der Waals surface area contributed by atoms with Crippen LogP contribution in [0.5, 0.6) is 0 Å². The molecule has 0 radical (unpaired) electrons. The molecule has 2 aliphatic rings. The van der Waals surface area contributed by atoms with Crippen LogP contribution in [0.3, 0.4) is 0 Å². The number of aromatic nitrogens is 2. The van der Waals surface area contributed by atoms with E-state index < -0.39 is 0 Å². The van der Waals surface area contributed by atoms with Crippen LogP contribution >= 0.6 is 0 Å². The summed E-state index contributed by atoms with van der Waals surface area (Å²) in [4.78, 5) is 2.30. The van der Waals surface area contributed by atoms with Crippen LogP contribution in [0.1, 0.15) is 51.8 Å². The van der Waals surface area contributed by atoms with Crippen molar-refractivity contribution in [3.63, 3.8) is 0 Å². The van der Waals surface area contributed by atoms with Crippen LogP contribution in [0.4, 0.5) is 6.01 Å². The first-order valence-corrected chi connectivity index (χ1v) is 7.12. The molecule has 18 heavy (non-hydrogen) atoms. The Morgan fingerprint density at radius 2 is 2.11 bits per heavy atom. The van der Waals surface area contributed by atoms with Crippen LogP contribution in [-0.2, 0) is 6.54 Å². The molecule has 2 heterocycles. The lowest BCUT2D eigenvalue weighted by atomic mass is 10.2. The highest BCUT2D eigenvalue weighted by molar-refractivity contribution is 5.31. The van der Waals surface area contributed by atoms with Gasteiger partial charge in [0.25, 0.3) is 0 Å². The molecule has 1 saturated heterocycles. The predicted octanol–water partition coefficient (Wildman–Crippen LogP) is 2.09. The highest BCUT2D eigenvalue weighted by Crippen LogP contribution is 2.31. The third-order valence-corrected chi connectivity index (χ3v) is 4.05. The van der Waals surface area contributed by atoms with Gasteiger partial charge >= 0.3 is 6.01 Å². The van der Waals surface area contributed by atoms with Gasteiger partial charge in [-0.3, -0.25) is 0 Å². The fourth-order valence-electron chi connectivity index (χ4n) is 2.76. The largest absolute Gasteiger partial charge is 0.407 e. The van der Waals surface area contributed by atoms with E-state index in [-0.39, 0.29) is 0 Å². The molecule has 1 saturated carbocycles. The normalized spacial score (nSPS) is 28.0. The van der Waals surface area contributed by atoms with E-state index >= 15 is 0 Å². The molecule has 5 heteroatoms. The van der Waals surface area contributed by atoms with Gasteiger partial charge in [0, 0.05) is 18.1 Å². The van der Waals surface area contributed by atoms with Gasteiger partial charge in [-0.1, -0.05) is 12.0 Å². The van der Waals surface area contributed by atoms with Crippen LogP contribution in [0.25, 0.3) is 0 Å². The lowest BCUT2D eigenvalue weighted by Crippen LogP contribution is -2.34. The van der Waals surface area contributed by atoms with E-state index in [0.717, 1.165) is 6.42 Å². The van der Waals surface area contributed by atoms with Gasteiger partial charge < -0.3 is 14.6 Å². The Labute approximate surface area is 108 Å². The Kier molecular flexibility index (Phi) is 3.24. The second kappa shape index (κ2) is 4.88. The average Bonchev–Trinajstić information content (AvgIpc) is 2.96. The fourth-order valence-corrected chi connectivity index (χ4v) is 2.76. The number of rotatable bonds is 5. The van der Waals surface area contributed by atoms with Gasteiger partial charge in [0.15, 0.2) is 0 Å². The first kappa shape index (κ1) is 12.0. The van der Waals surface area contributed by atoms with Crippen molar-refractivity contribution >= 4 is 6.01 Å². The number of nitrogens with zero attached hydrogens (tertiary/aromatic N) is 3. The zero-order valence-corrected chi connectivity index (χ0v) is 11.2. The first-order chi connectivity index (χ1) is 8.78. The second-order valence-electron chi connectivity index (χ2n) is 5.53. The molecular weight excluding hydrogens is 228 g/mol. The molecule has 2 atom stereocenters. The highest BCUT2D eigenvalue weighted by Gasteiger charge is 2.33. The summed E-state index contributed by atoms with van der Waals surface area (Å²) in [5, 5.41) is 11.8. The number of hydrogen-bond acceptors (Lipinski definition) is 5. The maximum absolute atomic E-state index is 5.79. The Morgan fingerprint density at radius 3 is 2.83 bits per heavy atom. The summed E-state index contributed by atoms with van der Waals surface area (Å²) in [5.74, 6) is 0.714. The molecule has 0 amide bonds. The van der Waals surface area contributed by atoms with Crippen molar-refractivity contribution < 1.29 is 4.42 Å². The molecule has 1 aliphatic heterocycles. The Bertz CT molecular complexity index is 401. The van der Waals surface area contributed by atoms with Crippen LogP contribution in [0, 0.1) is 0 Å². The minimum absolute atomic E-state index is 0.514. The summed E-state index contributed by atoms with van der Waals surface area (Å²) in [7, 11) is 0. The van der Waals surface area contributed by atoms with Crippen molar-refractivity contribution in [3.05, 3.63) is 5.89 Å². The zero-order valence-electron chi connectivity index (χ0n) is 11.2. The standard InChI is InChI=1S/C13H22N4O/c1-3-11-7-4-9(2)17(11)13-16-15-12(18-13)8-14-10-5-6-10/h9-11,14H,3-8H2,1-2H3. The van der Waals surface area contributed by atoms with Crippen LogP contribution < -0.4 is 10.2 Å². The quantitative estimate of drug-likeness (QED) is 0.867. The van der Waals surface area contributed by atoms with E-state index in [9.17, 15) is 0 Å². The van der Waals surface area contributed by atoms with Gasteiger partial charge in [0.1, 0.15) is 0 Å². The molecule has 1 aliphatic carbocycles. The topological polar surface area (TPSA) is 54.2 Å². The van der Waals surface area contributed by atoms with Crippen molar-refractivity contribution in [1.82, 2.24) is 15.5 Å². The maximum atomic E-state index is 5.79. The maximum Gasteiger partial charge on any atom is 0.318 e. The smallest absolute Gasteiger partial charge is 0.318 e. The first-order valence-electron chi connectivity index (χ1n) is 7.12. The molecule has 0 spiro atoms. The fraction of sp³-hybridized carbons (Fsp3) is 0.846. The molecule has 5 nitrogen and oxygen atoms in total. The molecule has 2 fully saturated rings. The molecule has 1 aromatic heterocycles. The van der Waals surface area contributed by atoms with Gasteiger partial charge in [-0.2, -0.15) is 0 Å². The minimum atomic E-state index is 0.514. The third-order valence-electron chi connectivity index (χ3n) is 4.05. The van der Waals surface area contributed by atoms with E-state index in [2.05, 4.69) is 34.3 Å². The molecular formula is C13H22N4O. The summed E-state index contributed by atoms with van der Waals surface area (Å²) < 4.78 is 5.79. The van der Waals surface area contributed by atoms with E-state index in [1.54, 1.807) is 0 Å². The van der Waals surface area contributed by atoms with Crippen molar-refractivity contribution in [2.24, 2.45) is 0 Å². The molecule has 1 aromatic rings. The Hall–Kier alpha value is -1.10. The predicted molar refractivity (Wildman–Crippen MR) is 69.4 cm³/mol. The zero-order chi connectivity index (χ0) is 12.5. The molecule has 1 N–H and O–H groups in total. The van der Waals surface area contributed by atoms with Gasteiger partial charge in [-0.25, -0.2) is 0 Å². The number of nitrogens with one attached hydrogen (secondary N) is 1. The molecule has 100 valence electrons. The Morgan fingerprint density at radius 1 is 1.28 bits per heavy atom. The van der Waals surface area contributed by atoms with Crippen molar-refractivity contribution in [1.29, 1.82) is 0 Å². The van der Waals surface area contributed by atoms with Gasteiger partial charge in [-0.15, -0.1) is 5.10 Å². The van der Waals surface area contributed by atoms with Crippen molar-refractivity contribution in [3.8, 4) is 0 Å². The van der Waals surface area contributed by atoms with E-state index in [1.165, 1.54) is 25.7 Å². The SMILES string of the molecule is CCC1CCC(C)N1c1nnc(CNC2CC2)o1.